The Labute approximate surface area is 81.1 Å². The van der Waals surface area contributed by atoms with Crippen molar-refractivity contribution in [3.05, 3.63) is 21.3 Å². The van der Waals surface area contributed by atoms with Gasteiger partial charge in [0.05, 0.1) is 4.34 Å². The summed E-state index contributed by atoms with van der Waals surface area (Å²) in [4.78, 5) is 0. The first kappa shape index (κ1) is 9.37. The highest BCUT2D eigenvalue weighted by molar-refractivity contribution is 7.14. The zero-order chi connectivity index (χ0) is 8.27. The summed E-state index contributed by atoms with van der Waals surface area (Å²) in [5, 5.41) is 2.01. The third kappa shape index (κ3) is 2.66. The van der Waals surface area contributed by atoms with Crippen LogP contribution in [0.2, 0.25) is 4.34 Å². The van der Waals surface area contributed by atoms with Crippen LogP contribution in [-0.4, -0.2) is 5.88 Å². The predicted octanol–water partition coefficient (Wildman–Crippen LogP) is 3.82. The number of alkyl halides is 1. The zero-order valence-electron chi connectivity index (χ0n) is 6.31. The van der Waals surface area contributed by atoms with E-state index in [0.717, 1.165) is 10.8 Å². The molecule has 1 atom stereocenters. The maximum Gasteiger partial charge on any atom is 0.0960 e. The van der Waals surface area contributed by atoms with Crippen molar-refractivity contribution in [1.29, 1.82) is 0 Å². The highest BCUT2D eigenvalue weighted by atomic mass is 35.5. The molecule has 0 aliphatic heterocycles. The van der Waals surface area contributed by atoms with Crippen LogP contribution in [0.25, 0.3) is 0 Å². The molecule has 3 heteroatoms. The number of rotatable bonds is 3. The van der Waals surface area contributed by atoms with E-state index < -0.39 is 0 Å². The van der Waals surface area contributed by atoms with Crippen molar-refractivity contribution >= 4 is 34.5 Å². The maximum atomic E-state index is 5.92. The molecule has 62 valence electrons. The van der Waals surface area contributed by atoms with E-state index in [9.17, 15) is 0 Å². The summed E-state index contributed by atoms with van der Waals surface area (Å²) in [6.45, 7) is 2.13. The van der Waals surface area contributed by atoms with Gasteiger partial charge in [-0.2, -0.15) is 0 Å². The molecule has 0 bridgehead atoms. The Morgan fingerprint density at radius 1 is 1.64 bits per heavy atom. The molecule has 0 spiro atoms. The fourth-order valence-electron chi connectivity index (χ4n) is 0.895. The van der Waals surface area contributed by atoms with Gasteiger partial charge < -0.3 is 0 Å². The second kappa shape index (κ2) is 4.34. The third-order valence-corrected chi connectivity index (χ3v) is 3.30. The summed E-state index contributed by atoms with van der Waals surface area (Å²) in [5.41, 5.74) is 1.23. The van der Waals surface area contributed by atoms with Crippen molar-refractivity contribution in [3.63, 3.8) is 0 Å². The lowest BCUT2D eigenvalue weighted by molar-refractivity contribution is 0.656. The van der Waals surface area contributed by atoms with Gasteiger partial charge in [-0.05, 0) is 29.3 Å². The molecule has 0 saturated carbocycles. The second-order valence-corrected chi connectivity index (χ2v) is 4.51. The zero-order valence-corrected chi connectivity index (χ0v) is 8.64. The second-order valence-electron chi connectivity index (χ2n) is 2.68. The molecule has 1 rings (SSSR count). The Balaban J connectivity index is 2.56. The van der Waals surface area contributed by atoms with Gasteiger partial charge in [0, 0.05) is 5.88 Å². The van der Waals surface area contributed by atoms with Crippen LogP contribution in [-0.2, 0) is 6.42 Å². The summed E-state index contributed by atoms with van der Waals surface area (Å²) in [6, 6.07) is 2.07. The van der Waals surface area contributed by atoms with Gasteiger partial charge in [0.15, 0.2) is 0 Å². The monoisotopic (exact) mass is 208 g/mol. The van der Waals surface area contributed by atoms with Gasteiger partial charge in [0.25, 0.3) is 0 Å². The fourth-order valence-corrected chi connectivity index (χ4v) is 1.95. The predicted molar refractivity (Wildman–Crippen MR) is 52.9 cm³/mol. The molecule has 0 aliphatic rings. The lowest BCUT2D eigenvalue weighted by Gasteiger charge is -2.04. The van der Waals surface area contributed by atoms with Crippen molar-refractivity contribution in [3.8, 4) is 0 Å². The largest absolute Gasteiger partial charge is 0.132 e. The van der Waals surface area contributed by atoms with E-state index in [-0.39, 0.29) is 0 Å². The lowest BCUT2D eigenvalue weighted by Crippen LogP contribution is -1.99. The van der Waals surface area contributed by atoms with E-state index in [1.807, 2.05) is 5.38 Å². The molecule has 1 aromatic rings. The molecule has 0 aromatic carbocycles. The Hall–Kier alpha value is 0.280. The molecular weight excluding hydrogens is 199 g/mol. The Bertz CT molecular complexity index is 220. The van der Waals surface area contributed by atoms with E-state index in [2.05, 4.69) is 13.0 Å². The first-order chi connectivity index (χ1) is 5.24. The lowest BCUT2D eigenvalue weighted by atomic mass is 10.1. The molecule has 0 fully saturated rings. The fraction of sp³-hybridized carbons (Fsp3) is 0.500. The Kier molecular flexibility index (Phi) is 3.70. The molecule has 0 aliphatic carbocycles. The van der Waals surface area contributed by atoms with Crippen LogP contribution < -0.4 is 0 Å². The summed E-state index contributed by atoms with van der Waals surface area (Å²) < 4.78 is 0.905. The van der Waals surface area contributed by atoms with E-state index in [1.165, 1.54) is 5.56 Å². The molecule has 1 heterocycles. The van der Waals surface area contributed by atoms with Crippen LogP contribution in [0.1, 0.15) is 12.5 Å². The summed E-state index contributed by atoms with van der Waals surface area (Å²) >= 11 is 13.2. The summed E-state index contributed by atoms with van der Waals surface area (Å²) in [7, 11) is 0. The number of hydrogen-bond donors (Lipinski definition) is 0. The Morgan fingerprint density at radius 2 is 2.36 bits per heavy atom. The van der Waals surface area contributed by atoms with Crippen molar-refractivity contribution in [2.75, 3.05) is 5.88 Å². The van der Waals surface area contributed by atoms with E-state index in [4.69, 9.17) is 23.2 Å². The maximum absolute atomic E-state index is 5.92. The molecule has 0 radical (unpaired) electrons. The minimum absolute atomic E-state index is 0.517. The molecular formula is C8H10Cl2S. The first-order valence-corrected chi connectivity index (χ1v) is 5.31. The minimum atomic E-state index is 0.517. The van der Waals surface area contributed by atoms with Crippen LogP contribution in [0.5, 0.6) is 0 Å². The SMILES string of the molecule is CC(CCl)Cc1ccsc1Cl. The number of halogens is 2. The molecule has 0 saturated heterocycles. The minimum Gasteiger partial charge on any atom is -0.132 e. The van der Waals surface area contributed by atoms with E-state index in [0.29, 0.717) is 11.8 Å². The Morgan fingerprint density at radius 3 is 2.82 bits per heavy atom. The first-order valence-electron chi connectivity index (χ1n) is 3.52. The van der Waals surface area contributed by atoms with Gasteiger partial charge >= 0.3 is 0 Å². The van der Waals surface area contributed by atoms with Gasteiger partial charge in [-0.15, -0.1) is 22.9 Å². The smallest absolute Gasteiger partial charge is 0.0960 e. The van der Waals surface area contributed by atoms with Crippen LogP contribution >= 0.6 is 34.5 Å². The van der Waals surface area contributed by atoms with Crippen molar-refractivity contribution in [2.24, 2.45) is 5.92 Å². The van der Waals surface area contributed by atoms with Gasteiger partial charge in [0.1, 0.15) is 0 Å². The third-order valence-electron chi connectivity index (χ3n) is 1.52. The molecule has 1 unspecified atom stereocenters. The number of thiophene rings is 1. The number of hydrogen-bond acceptors (Lipinski definition) is 1. The highest BCUT2D eigenvalue weighted by Gasteiger charge is 2.05. The van der Waals surface area contributed by atoms with Crippen molar-refractivity contribution in [1.82, 2.24) is 0 Å². The van der Waals surface area contributed by atoms with Crippen molar-refractivity contribution < 1.29 is 0 Å². The van der Waals surface area contributed by atoms with E-state index >= 15 is 0 Å². The highest BCUT2D eigenvalue weighted by Crippen LogP contribution is 2.25. The molecule has 0 amide bonds. The van der Waals surface area contributed by atoms with Crippen LogP contribution in [0, 0.1) is 5.92 Å². The topological polar surface area (TPSA) is 0 Å². The molecule has 0 nitrogen and oxygen atoms in total. The van der Waals surface area contributed by atoms with Gasteiger partial charge in [-0.25, -0.2) is 0 Å². The summed E-state index contributed by atoms with van der Waals surface area (Å²) in [6.07, 6.45) is 0.992. The molecule has 1 aromatic heterocycles. The van der Waals surface area contributed by atoms with Crippen LogP contribution in [0.15, 0.2) is 11.4 Å². The molecule has 0 N–H and O–H groups in total. The van der Waals surface area contributed by atoms with Crippen molar-refractivity contribution in [2.45, 2.75) is 13.3 Å². The van der Waals surface area contributed by atoms with Crippen LogP contribution in [0.4, 0.5) is 0 Å². The molecule has 11 heavy (non-hydrogen) atoms. The van der Waals surface area contributed by atoms with Gasteiger partial charge in [-0.1, -0.05) is 18.5 Å². The normalized spacial score (nSPS) is 13.4. The van der Waals surface area contributed by atoms with Crippen LogP contribution in [0.3, 0.4) is 0 Å². The van der Waals surface area contributed by atoms with E-state index in [1.54, 1.807) is 11.3 Å². The standard InChI is InChI=1S/C8H10Cl2S/c1-6(5-9)4-7-2-3-11-8(7)10/h2-3,6H,4-5H2,1H3. The summed E-state index contributed by atoms with van der Waals surface area (Å²) in [5.74, 6) is 1.22. The van der Waals surface area contributed by atoms with Gasteiger partial charge in [-0.3, -0.25) is 0 Å². The quantitative estimate of drug-likeness (QED) is 0.664. The van der Waals surface area contributed by atoms with Gasteiger partial charge in [0.2, 0.25) is 0 Å². The average Bonchev–Trinajstić information content (AvgIpc) is 2.37. The average molecular weight is 209 g/mol.